The number of aliphatic imine (C=N–C) groups is 1. The first kappa shape index (κ1) is 25.0. The molecule has 0 aliphatic carbocycles. The van der Waals surface area contributed by atoms with Crippen LogP contribution in [-0.4, -0.2) is 61.9 Å². The van der Waals surface area contributed by atoms with Gasteiger partial charge in [-0.15, -0.1) is 24.0 Å². The standard InChI is InChI=1S/C21H36N4O2.HI/c1-7-22-20(23-12-18-8-10-19(26-6)11-9-18)24-15-21(4,5)25-13-16(2)27-17(3)14-25;/h8-11,16-17H,7,12-15H2,1-6H3,(H2,22,23,24);1H. The molecule has 0 saturated carbocycles. The first-order valence-electron chi connectivity index (χ1n) is 9.89. The molecule has 6 nitrogen and oxygen atoms in total. The molecule has 0 radical (unpaired) electrons. The molecule has 1 aromatic rings. The Morgan fingerprint density at radius 1 is 1.18 bits per heavy atom. The van der Waals surface area contributed by atoms with Crippen LogP contribution >= 0.6 is 24.0 Å². The lowest BCUT2D eigenvalue weighted by Crippen LogP contribution is -2.59. The highest BCUT2D eigenvalue weighted by Crippen LogP contribution is 2.20. The van der Waals surface area contributed by atoms with Crippen LogP contribution in [0.2, 0.25) is 0 Å². The van der Waals surface area contributed by atoms with Crippen molar-refractivity contribution in [3.05, 3.63) is 29.8 Å². The number of guanidine groups is 1. The maximum Gasteiger partial charge on any atom is 0.191 e. The number of hydrogen-bond donors (Lipinski definition) is 2. The average molecular weight is 504 g/mol. The third-order valence-electron chi connectivity index (χ3n) is 4.89. The molecular weight excluding hydrogens is 467 g/mol. The second kappa shape index (κ2) is 11.8. The minimum Gasteiger partial charge on any atom is -0.497 e. The van der Waals surface area contributed by atoms with Crippen LogP contribution in [0, 0.1) is 0 Å². The van der Waals surface area contributed by atoms with Crippen molar-refractivity contribution in [1.29, 1.82) is 0 Å². The summed E-state index contributed by atoms with van der Waals surface area (Å²) in [7, 11) is 1.68. The molecule has 0 spiro atoms. The summed E-state index contributed by atoms with van der Waals surface area (Å²) in [5, 5.41) is 6.85. The average Bonchev–Trinajstić information content (AvgIpc) is 2.63. The zero-order valence-corrected chi connectivity index (χ0v) is 20.4. The summed E-state index contributed by atoms with van der Waals surface area (Å²) in [5.74, 6) is 1.71. The Morgan fingerprint density at radius 2 is 1.79 bits per heavy atom. The van der Waals surface area contributed by atoms with E-state index in [1.165, 1.54) is 0 Å². The lowest BCUT2D eigenvalue weighted by atomic mass is 10.00. The summed E-state index contributed by atoms with van der Waals surface area (Å²) in [6.07, 6.45) is 0.537. The number of rotatable bonds is 7. The van der Waals surface area contributed by atoms with E-state index in [0.29, 0.717) is 6.54 Å². The van der Waals surface area contributed by atoms with Crippen molar-refractivity contribution in [2.24, 2.45) is 4.99 Å². The minimum absolute atomic E-state index is 0. The van der Waals surface area contributed by atoms with Crippen molar-refractivity contribution in [3.8, 4) is 5.75 Å². The van der Waals surface area contributed by atoms with Gasteiger partial charge in [-0.05, 0) is 52.3 Å². The number of morpholine rings is 1. The third-order valence-corrected chi connectivity index (χ3v) is 4.89. The number of halogens is 1. The minimum atomic E-state index is 0. The monoisotopic (exact) mass is 504 g/mol. The zero-order chi connectivity index (χ0) is 19.9. The van der Waals surface area contributed by atoms with E-state index >= 15 is 0 Å². The summed E-state index contributed by atoms with van der Waals surface area (Å²) in [4.78, 5) is 7.23. The van der Waals surface area contributed by atoms with Crippen LogP contribution in [0.1, 0.15) is 40.2 Å². The number of nitrogens with one attached hydrogen (secondary N) is 2. The lowest BCUT2D eigenvalue weighted by Gasteiger charge is -2.45. The molecule has 0 amide bonds. The number of hydrogen-bond acceptors (Lipinski definition) is 4. The Balaban J connectivity index is 0.00000392. The topological polar surface area (TPSA) is 58.1 Å². The van der Waals surface area contributed by atoms with Crippen LogP contribution in [0.5, 0.6) is 5.75 Å². The molecule has 1 heterocycles. The highest BCUT2D eigenvalue weighted by Gasteiger charge is 2.33. The predicted octanol–water partition coefficient (Wildman–Crippen LogP) is 3.26. The predicted molar refractivity (Wildman–Crippen MR) is 127 cm³/mol. The second-order valence-corrected chi connectivity index (χ2v) is 7.87. The number of benzene rings is 1. The molecule has 1 aliphatic heterocycles. The molecule has 1 aliphatic rings. The van der Waals surface area contributed by atoms with E-state index in [1.54, 1.807) is 7.11 Å². The summed E-state index contributed by atoms with van der Waals surface area (Å²) in [6.45, 7) is 15.1. The largest absolute Gasteiger partial charge is 0.497 e. The summed E-state index contributed by atoms with van der Waals surface area (Å²) >= 11 is 0. The van der Waals surface area contributed by atoms with Crippen molar-refractivity contribution in [3.63, 3.8) is 0 Å². The maximum atomic E-state index is 5.87. The van der Waals surface area contributed by atoms with Gasteiger partial charge in [0.2, 0.25) is 0 Å². The van der Waals surface area contributed by atoms with Gasteiger partial charge in [0.1, 0.15) is 5.75 Å². The second-order valence-electron chi connectivity index (χ2n) is 7.87. The molecule has 160 valence electrons. The van der Waals surface area contributed by atoms with Gasteiger partial charge < -0.3 is 20.1 Å². The van der Waals surface area contributed by atoms with Crippen molar-refractivity contribution < 1.29 is 9.47 Å². The van der Waals surface area contributed by atoms with Crippen LogP contribution in [-0.2, 0) is 11.3 Å². The molecule has 1 fully saturated rings. The first-order chi connectivity index (χ1) is 12.8. The zero-order valence-electron chi connectivity index (χ0n) is 18.1. The van der Waals surface area contributed by atoms with Gasteiger partial charge in [0.05, 0.1) is 25.9 Å². The van der Waals surface area contributed by atoms with Crippen molar-refractivity contribution >= 4 is 29.9 Å². The van der Waals surface area contributed by atoms with E-state index in [1.807, 2.05) is 24.3 Å². The Labute approximate surface area is 187 Å². The van der Waals surface area contributed by atoms with E-state index in [4.69, 9.17) is 14.5 Å². The molecule has 7 heteroatoms. The van der Waals surface area contributed by atoms with Gasteiger partial charge in [-0.25, -0.2) is 4.99 Å². The van der Waals surface area contributed by atoms with E-state index in [0.717, 1.165) is 43.5 Å². The van der Waals surface area contributed by atoms with Crippen molar-refractivity contribution in [1.82, 2.24) is 15.5 Å². The van der Waals surface area contributed by atoms with E-state index in [-0.39, 0.29) is 41.7 Å². The highest BCUT2D eigenvalue weighted by atomic mass is 127. The van der Waals surface area contributed by atoms with Gasteiger partial charge in [-0.1, -0.05) is 12.1 Å². The molecule has 2 unspecified atom stereocenters. The molecule has 28 heavy (non-hydrogen) atoms. The Kier molecular flexibility index (Phi) is 10.5. The fourth-order valence-corrected chi connectivity index (χ4v) is 3.33. The third kappa shape index (κ3) is 7.75. The quantitative estimate of drug-likeness (QED) is 0.339. The van der Waals surface area contributed by atoms with Crippen LogP contribution in [0.3, 0.4) is 0 Å². The molecule has 2 N–H and O–H groups in total. The summed E-state index contributed by atoms with van der Waals surface area (Å²) in [6, 6.07) is 8.03. The molecule has 2 rings (SSSR count). The van der Waals surface area contributed by atoms with Crippen LogP contribution in [0.25, 0.3) is 0 Å². The van der Waals surface area contributed by atoms with Gasteiger partial charge in [0, 0.05) is 31.7 Å². The van der Waals surface area contributed by atoms with Gasteiger partial charge in [0.15, 0.2) is 5.96 Å². The molecule has 0 bridgehead atoms. The van der Waals surface area contributed by atoms with Crippen LogP contribution in [0.15, 0.2) is 29.3 Å². The number of nitrogens with zero attached hydrogens (tertiary/aromatic N) is 2. The van der Waals surface area contributed by atoms with E-state index in [2.05, 4.69) is 50.2 Å². The number of methoxy groups -OCH3 is 1. The van der Waals surface area contributed by atoms with Gasteiger partial charge in [-0.2, -0.15) is 0 Å². The highest BCUT2D eigenvalue weighted by molar-refractivity contribution is 14.0. The Morgan fingerprint density at radius 3 is 2.32 bits per heavy atom. The SMILES string of the molecule is CCNC(=NCc1ccc(OC)cc1)NCC(C)(C)N1CC(C)OC(C)C1.I. The van der Waals surface area contributed by atoms with Crippen LogP contribution < -0.4 is 15.4 Å². The molecule has 0 aromatic heterocycles. The van der Waals surface area contributed by atoms with Gasteiger partial charge in [-0.3, -0.25) is 4.90 Å². The first-order valence-corrected chi connectivity index (χ1v) is 9.89. The van der Waals surface area contributed by atoms with Crippen molar-refractivity contribution in [2.45, 2.75) is 58.9 Å². The van der Waals surface area contributed by atoms with Gasteiger partial charge in [0.25, 0.3) is 0 Å². The number of ether oxygens (including phenoxy) is 2. The molecule has 1 saturated heterocycles. The Bertz CT molecular complexity index is 597. The normalized spacial score (nSPS) is 21.0. The smallest absolute Gasteiger partial charge is 0.191 e. The fourth-order valence-electron chi connectivity index (χ4n) is 3.33. The molecular formula is C21H37IN4O2. The van der Waals surface area contributed by atoms with E-state index < -0.39 is 0 Å². The summed E-state index contributed by atoms with van der Waals surface area (Å²) < 4.78 is 11.1. The van der Waals surface area contributed by atoms with E-state index in [9.17, 15) is 0 Å². The molecule has 2 atom stereocenters. The van der Waals surface area contributed by atoms with Crippen LogP contribution in [0.4, 0.5) is 0 Å². The lowest BCUT2D eigenvalue weighted by molar-refractivity contribution is -0.0946. The van der Waals surface area contributed by atoms with Gasteiger partial charge >= 0.3 is 0 Å². The summed E-state index contributed by atoms with van der Waals surface area (Å²) in [5.41, 5.74) is 1.17. The van der Waals surface area contributed by atoms with Crippen molar-refractivity contribution in [2.75, 3.05) is 33.3 Å². The fraction of sp³-hybridized carbons (Fsp3) is 0.667. The maximum absolute atomic E-state index is 5.87. The molecule has 1 aromatic carbocycles. The Hall–Kier alpha value is -1.06.